The van der Waals surface area contributed by atoms with E-state index in [2.05, 4.69) is 6.92 Å². The summed E-state index contributed by atoms with van der Waals surface area (Å²) in [6.07, 6.45) is 10.1. The Labute approximate surface area is 104 Å². The summed E-state index contributed by atoms with van der Waals surface area (Å²) >= 11 is 0. The van der Waals surface area contributed by atoms with E-state index in [1.54, 1.807) is 6.07 Å². The van der Waals surface area contributed by atoms with Gasteiger partial charge < -0.3 is 5.73 Å². The van der Waals surface area contributed by atoms with Crippen molar-refractivity contribution in [2.75, 3.05) is 5.73 Å². The Balaban J connectivity index is 2.11. The molecule has 1 nitrogen and oxygen atoms in total. The molecule has 0 fully saturated rings. The Morgan fingerprint density at radius 3 is 2.29 bits per heavy atom. The third-order valence-corrected chi connectivity index (χ3v) is 3.13. The summed E-state index contributed by atoms with van der Waals surface area (Å²) in [4.78, 5) is 0. The average molecular weight is 237 g/mol. The van der Waals surface area contributed by atoms with Gasteiger partial charge in [-0.2, -0.15) is 0 Å². The SMILES string of the molecule is CCCCCCCCCc1ccc(F)c(N)c1. The standard InChI is InChI=1S/C15H24FN/c1-2-3-4-5-6-7-8-9-13-10-11-14(16)15(17)12-13/h10-12H,2-9,17H2,1H3. The second kappa shape index (κ2) is 8.10. The highest BCUT2D eigenvalue weighted by molar-refractivity contribution is 5.42. The third kappa shape index (κ3) is 5.71. The second-order valence-electron chi connectivity index (χ2n) is 4.73. The lowest BCUT2D eigenvalue weighted by molar-refractivity contribution is 0.589. The van der Waals surface area contributed by atoms with Crippen molar-refractivity contribution in [3.8, 4) is 0 Å². The van der Waals surface area contributed by atoms with Crippen LogP contribution in [0.5, 0.6) is 0 Å². The van der Waals surface area contributed by atoms with Gasteiger partial charge in [0.1, 0.15) is 5.82 Å². The second-order valence-corrected chi connectivity index (χ2v) is 4.73. The number of rotatable bonds is 8. The lowest BCUT2D eigenvalue weighted by atomic mass is 10.0. The van der Waals surface area contributed by atoms with E-state index in [9.17, 15) is 4.39 Å². The molecule has 0 aliphatic heterocycles. The lowest BCUT2D eigenvalue weighted by Crippen LogP contribution is -1.93. The molecular formula is C15H24FN. The Morgan fingerprint density at radius 1 is 1.00 bits per heavy atom. The number of anilines is 1. The zero-order valence-corrected chi connectivity index (χ0v) is 10.8. The van der Waals surface area contributed by atoms with Crippen LogP contribution in [-0.2, 0) is 6.42 Å². The van der Waals surface area contributed by atoms with Gasteiger partial charge in [-0.1, -0.05) is 51.5 Å². The Morgan fingerprint density at radius 2 is 1.65 bits per heavy atom. The molecule has 0 saturated carbocycles. The number of aryl methyl sites for hydroxylation is 1. The number of benzene rings is 1. The predicted molar refractivity (Wildman–Crippen MR) is 72.5 cm³/mol. The minimum atomic E-state index is -0.312. The van der Waals surface area contributed by atoms with Gasteiger partial charge in [0.2, 0.25) is 0 Å². The Hall–Kier alpha value is -1.05. The van der Waals surface area contributed by atoms with Crippen molar-refractivity contribution in [3.05, 3.63) is 29.6 Å². The van der Waals surface area contributed by atoms with Crippen molar-refractivity contribution in [2.45, 2.75) is 58.3 Å². The molecule has 1 aromatic carbocycles. The van der Waals surface area contributed by atoms with E-state index in [0.29, 0.717) is 0 Å². The molecule has 0 aliphatic carbocycles. The smallest absolute Gasteiger partial charge is 0.146 e. The lowest BCUT2D eigenvalue weighted by Gasteiger charge is -2.04. The summed E-state index contributed by atoms with van der Waals surface area (Å²) in [7, 11) is 0. The molecule has 0 bridgehead atoms. The fourth-order valence-corrected chi connectivity index (χ4v) is 2.03. The van der Waals surface area contributed by atoms with Crippen LogP contribution in [0, 0.1) is 5.82 Å². The highest BCUT2D eigenvalue weighted by Gasteiger charge is 1.99. The molecule has 0 heterocycles. The Kier molecular flexibility index (Phi) is 6.68. The van der Waals surface area contributed by atoms with Crippen molar-refractivity contribution >= 4 is 5.69 Å². The van der Waals surface area contributed by atoms with Gasteiger partial charge in [0.15, 0.2) is 0 Å². The molecule has 0 radical (unpaired) electrons. The summed E-state index contributed by atoms with van der Waals surface area (Å²) in [6, 6.07) is 5.06. The maximum atomic E-state index is 12.9. The van der Waals surface area contributed by atoms with Gasteiger partial charge in [-0.15, -0.1) is 0 Å². The molecule has 1 rings (SSSR count). The zero-order valence-electron chi connectivity index (χ0n) is 10.8. The molecule has 17 heavy (non-hydrogen) atoms. The van der Waals surface area contributed by atoms with Gasteiger partial charge in [0.05, 0.1) is 5.69 Å². The number of hydrogen-bond acceptors (Lipinski definition) is 1. The topological polar surface area (TPSA) is 26.0 Å². The van der Waals surface area contributed by atoms with Crippen LogP contribution < -0.4 is 5.73 Å². The van der Waals surface area contributed by atoms with E-state index in [4.69, 9.17) is 5.73 Å². The normalized spacial score (nSPS) is 10.7. The van der Waals surface area contributed by atoms with Crippen molar-refractivity contribution in [1.82, 2.24) is 0 Å². The molecule has 0 aliphatic rings. The predicted octanol–water partition coefficient (Wildman–Crippen LogP) is 4.70. The number of halogens is 1. The van der Waals surface area contributed by atoms with E-state index in [-0.39, 0.29) is 11.5 Å². The van der Waals surface area contributed by atoms with Crippen LogP contribution in [-0.4, -0.2) is 0 Å². The molecule has 1 aromatic rings. The van der Waals surface area contributed by atoms with Gasteiger partial charge in [0, 0.05) is 0 Å². The van der Waals surface area contributed by atoms with E-state index < -0.39 is 0 Å². The summed E-state index contributed by atoms with van der Waals surface area (Å²) in [5.74, 6) is -0.312. The van der Waals surface area contributed by atoms with Crippen LogP contribution in [0.15, 0.2) is 18.2 Å². The fraction of sp³-hybridized carbons (Fsp3) is 0.600. The van der Waals surface area contributed by atoms with Gasteiger partial charge in [-0.25, -0.2) is 4.39 Å². The first-order chi connectivity index (χ1) is 8.24. The van der Waals surface area contributed by atoms with Crippen LogP contribution in [0.3, 0.4) is 0 Å². The van der Waals surface area contributed by atoms with Crippen LogP contribution in [0.2, 0.25) is 0 Å². The van der Waals surface area contributed by atoms with Crippen LogP contribution in [0.25, 0.3) is 0 Å². The molecule has 2 N–H and O–H groups in total. The van der Waals surface area contributed by atoms with Crippen molar-refractivity contribution in [3.63, 3.8) is 0 Å². The summed E-state index contributed by atoms with van der Waals surface area (Å²) in [5.41, 5.74) is 6.95. The number of hydrogen-bond donors (Lipinski definition) is 1. The van der Waals surface area contributed by atoms with Crippen molar-refractivity contribution in [2.24, 2.45) is 0 Å². The van der Waals surface area contributed by atoms with Gasteiger partial charge in [-0.05, 0) is 30.5 Å². The summed E-state index contributed by atoms with van der Waals surface area (Å²) in [5, 5.41) is 0. The highest BCUT2D eigenvalue weighted by atomic mass is 19.1. The monoisotopic (exact) mass is 237 g/mol. The maximum Gasteiger partial charge on any atom is 0.146 e. The molecular weight excluding hydrogens is 213 g/mol. The minimum absolute atomic E-state index is 0.269. The fourth-order valence-electron chi connectivity index (χ4n) is 2.03. The molecule has 96 valence electrons. The van der Waals surface area contributed by atoms with E-state index in [1.165, 1.54) is 51.0 Å². The highest BCUT2D eigenvalue weighted by Crippen LogP contribution is 2.15. The third-order valence-electron chi connectivity index (χ3n) is 3.13. The van der Waals surface area contributed by atoms with Crippen LogP contribution in [0.4, 0.5) is 10.1 Å². The van der Waals surface area contributed by atoms with E-state index in [1.807, 2.05) is 6.07 Å². The van der Waals surface area contributed by atoms with Gasteiger partial charge >= 0.3 is 0 Å². The average Bonchev–Trinajstić information content (AvgIpc) is 2.32. The van der Waals surface area contributed by atoms with Crippen LogP contribution in [0.1, 0.15) is 57.4 Å². The first-order valence-corrected chi connectivity index (χ1v) is 6.78. The molecule has 0 unspecified atom stereocenters. The largest absolute Gasteiger partial charge is 0.396 e. The first kappa shape index (κ1) is 14.0. The number of nitrogens with two attached hydrogens (primary N) is 1. The summed E-state index contributed by atoms with van der Waals surface area (Å²) in [6.45, 7) is 2.24. The number of unbranched alkanes of at least 4 members (excludes halogenated alkanes) is 6. The van der Waals surface area contributed by atoms with E-state index in [0.717, 1.165) is 12.0 Å². The van der Waals surface area contributed by atoms with Gasteiger partial charge in [0.25, 0.3) is 0 Å². The molecule has 0 spiro atoms. The van der Waals surface area contributed by atoms with Crippen LogP contribution >= 0.6 is 0 Å². The van der Waals surface area contributed by atoms with Gasteiger partial charge in [-0.3, -0.25) is 0 Å². The minimum Gasteiger partial charge on any atom is -0.396 e. The van der Waals surface area contributed by atoms with E-state index >= 15 is 0 Å². The molecule has 0 saturated heterocycles. The molecule has 0 amide bonds. The maximum absolute atomic E-state index is 12.9. The molecule has 0 aromatic heterocycles. The number of nitrogen functional groups attached to an aromatic ring is 1. The quantitative estimate of drug-likeness (QED) is 0.514. The Bertz CT molecular complexity index is 323. The first-order valence-electron chi connectivity index (χ1n) is 6.78. The molecule has 2 heteroatoms. The molecule has 0 atom stereocenters. The van der Waals surface area contributed by atoms with Crippen molar-refractivity contribution < 1.29 is 4.39 Å². The zero-order chi connectivity index (χ0) is 12.5. The van der Waals surface area contributed by atoms with Crippen molar-refractivity contribution in [1.29, 1.82) is 0 Å². The summed E-state index contributed by atoms with van der Waals surface area (Å²) < 4.78 is 12.9.